The minimum Gasteiger partial charge on any atom is -0.493 e. The van der Waals surface area contributed by atoms with E-state index < -0.39 is 0 Å². The van der Waals surface area contributed by atoms with Crippen molar-refractivity contribution in [3.8, 4) is 22.8 Å². The van der Waals surface area contributed by atoms with Crippen LogP contribution in [0.2, 0.25) is 0 Å². The second kappa shape index (κ2) is 4.63. The van der Waals surface area contributed by atoms with Crippen molar-refractivity contribution < 1.29 is 9.47 Å². The number of nitrogens with zero attached hydrogens (tertiary/aromatic N) is 1. The van der Waals surface area contributed by atoms with Gasteiger partial charge in [-0.25, -0.2) is 0 Å². The van der Waals surface area contributed by atoms with Crippen LogP contribution < -0.4 is 9.47 Å². The molecule has 0 bridgehead atoms. The molecular weight excluding hydrogens is 236 g/mol. The molecule has 90 valence electrons. The van der Waals surface area contributed by atoms with Crippen LogP contribution in [0.4, 0.5) is 0 Å². The molecule has 17 heavy (non-hydrogen) atoms. The molecule has 2 rings (SSSR count). The Kier molecular flexibility index (Phi) is 3.19. The Morgan fingerprint density at radius 3 is 2.41 bits per heavy atom. The van der Waals surface area contributed by atoms with Crippen LogP contribution in [0, 0.1) is 4.77 Å². The summed E-state index contributed by atoms with van der Waals surface area (Å²) in [5, 5.41) is 0. The Morgan fingerprint density at radius 1 is 1.18 bits per heavy atom. The lowest BCUT2D eigenvalue weighted by molar-refractivity contribution is 0.355. The van der Waals surface area contributed by atoms with Crippen molar-refractivity contribution >= 4 is 12.2 Å². The molecule has 0 amide bonds. The number of hydrogen-bond acceptors (Lipinski definition) is 3. The summed E-state index contributed by atoms with van der Waals surface area (Å²) in [5.74, 6) is 1.42. The van der Waals surface area contributed by atoms with Crippen molar-refractivity contribution in [1.82, 2.24) is 9.55 Å². The van der Waals surface area contributed by atoms with Gasteiger partial charge < -0.3 is 19.0 Å². The van der Waals surface area contributed by atoms with E-state index in [1.807, 2.05) is 36.0 Å². The van der Waals surface area contributed by atoms with Gasteiger partial charge in [-0.1, -0.05) is 0 Å². The molecule has 0 aliphatic rings. The summed E-state index contributed by atoms with van der Waals surface area (Å²) < 4.78 is 13.1. The van der Waals surface area contributed by atoms with E-state index in [0.29, 0.717) is 16.3 Å². The molecule has 1 aromatic heterocycles. The maximum Gasteiger partial charge on any atom is 0.177 e. The number of methoxy groups -OCH3 is 2. The van der Waals surface area contributed by atoms with E-state index >= 15 is 0 Å². The molecular formula is C12H14N2O2S. The molecule has 0 unspecified atom stereocenters. The van der Waals surface area contributed by atoms with Gasteiger partial charge in [-0.15, -0.1) is 0 Å². The first-order valence-corrected chi connectivity index (χ1v) is 5.55. The van der Waals surface area contributed by atoms with Gasteiger partial charge in [0.2, 0.25) is 0 Å². The van der Waals surface area contributed by atoms with Gasteiger partial charge in [0.05, 0.1) is 19.9 Å². The van der Waals surface area contributed by atoms with Crippen LogP contribution in [0.25, 0.3) is 11.3 Å². The molecule has 0 saturated heterocycles. The van der Waals surface area contributed by atoms with Gasteiger partial charge in [0.15, 0.2) is 16.3 Å². The predicted octanol–water partition coefficient (Wildman–Crippen LogP) is 2.77. The van der Waals surface area contributed by atoms with Crippen LogP contribution in [0.1, 0.15) is 0 Å². The largest absolute Gasteiger partial charge is 0.493 e. The Morgan fingerprint density at radius 2 is 1.88 bits per heavy atom. The van der Waals surface area contributed by atoms with Gasteiger partial charge in [-0.2, -0.15) is 0 Å². The first kappa shape index (κ1) is 11.7. The minimum absolute atomic E-state index is 0.690. The van der Waals surface area contributed by atoms with Gasteiger partial charge >= 0.3 is 0 Å². The molecule has 1 heterocycles. The van der Waals surface area contributed by atoms with Crippen molar-refractivity contribution in [2.24, 2.45) is 7.05 Å². The lowest BCUT2D eigenvalue weighted by atomic mass is 10.1. The number of rotatable bonds is 3. The fourth-order valence-electron chi connectivity index (χ4n) is 1.71. The fourth-order valence-corrected chi connectivity index (χ4v) is 1.86. The summed E-state index contributed by atoms with van der Waals surface area (Å²) >= 11 is 5.14. The molecule has 1 N–H and O–H groups in total. The fraction of sp³-hybridized carbons (Fsp3) is 0.250. The van der Waals surface area contributed by atoms with Gasteiger partial charge in [-0.05, 0) is 30.4 Å². The van der Waals surface area contributed by atoms with Gasteiger partial charge in [0.25, 0.3) is 0 Å². The van der Waals surface area contributed by atoms with E-state index in [0.717, 1.165) is 11.3 Å². The van der Waals surface area contributed by atoms with Crippen molar-refractivity contribution in [3.63, 3.8) is 0 Å². The zero-order valence-corrected chi connectivity index (χ0v) is 10.8. The molecule has 5 heteroatoms. The van der Waals surface area contributed by atoms with Crippen LogP contribution >= 0.6 is 12.2 Å². The highest BCUT2D eigenvalue weighted by Gasteiger charge is 2.08. The Labute approximate surface area is 105 Å². The summed E-state index contributed by atoms with van der Waals surface area (Å²) in [6.45, 7) is 0. The molecule has 0 radical (unpaired) electrons. The van der Waals surface area contributed by atoms with Crippen molar-refractivity contribution in [2.45, 2.75) is 0 Å². The van der Waals surface area contributed by atoms with Gasteiger partial charge in [0, 0.05) is 18.8 Å². The Balaban J connectivity index is 2.54. The average Bonchev–Trinajstić information content (AvgIpc) is 2.69. The van der Waals surface area contributed by atoms with E-state index in [1.54, 1.807) is 14.2 Å². The first-order valence-electron chi connectivity index (χ1n) is 5.14. The van der Waals surface area contributed by atoms with E-state index in [-0.39, 0.29) is 0 Å². The summed E-state index contributed by atoms with van der Waals surface area (Å²) in [4.78, 5) is 3.01. The number of ether oxygens (including phenoxy) is 2. The second-order valence-corrected chi connectivity index (χ2v) is 3.99. The third-order valence-corrected chi connectivity index (χ3v) is 3.07. The third kappa shape index (κ3) is 2.06. The number of hydrogen-bond donors (Lipinski definition) is 1. The average molecular weight is 250 g/mol. The van der Waals surface area contributed by atoms with Crippen LogP contribution in [0.3, 0.4) is 0 Å². The number of imidazole rings is 1. The molecule has 4 nitrogen and oxygen atoms in total. The lowest BCUT2D eigenvalue weighted by Crippen LogP contribution is -1.94. The predicted molar refractivity (Wildman–Crippen MR) is 69.1 cm³/mol. The topological polar surface area (TPSA) is 39.2 Å². The standard InChI is InChI=1S/C12H14N2O2S/c1-14-9(7-13-12(14)17)8-4-5-10(15-2)11(6-8)16-3/h4-7H,1-3H3,(H,13,17). The number of aromatic amines is 1. The summed E-state index contributed by atoms with van der Waals surface area (Å²) in [7, 11) is 5.16. The van der Waals surface area contributed by atoms with Gasteiger partial charge in [-0.3, -0.25) is 0 Å². The molecule has 1 aromatic carbocycles. The normalized spacial score (nSPS) is 10.3. The molecule has 0 aliphatic carbocycles. The molecule has 0 aliphatic heterocycles. The number of aromatic nitrogens is 2. The van der Waals surface area contributed by atoms with Crippen LogP contribution in [-0.2, 0) is 7.05 Å². The van der Waals surface area contributed by atoms with E-state index in [9.17, 15) is 0 Å². The second-order valence-electron chi connectivity index (χ2n) is 3.61. The highest BCUT2D eigenvalue weighted by Crippen LogP contribution is 2.31. The van der Waals surface area contributed by atoms with E-state index in [4.69, 9.17) is 21.7 Å². The SMILES string of the molecule is COc1ccc(-c2c[nH]c(=S)n2C)cc1OC. The highest BCUT2D eigenvalue weighted by molar-refractivity contribution is 7.71. The van der Waals surface area contributed by atoms with Gasteiger partial charge in [0.1, 0.15) is 0 Å². The Hall–Kier alpha value is -1.75. The molecule has 2 aromatic rings. The van der Waals surface area contributed by atoms with Crippen LogP contribution in [-0.4, -0.2) is 23.8 Å². The summed E-state index contributed by atoms with van der Waals surface area (Å²) in [6.07, 6.45) is 1.88. The first-order chi connectivity index (χ1) is 8.17. The number of benzene rings is 1. The molecule has 0 saturated carbocycles. The van der Waals surface area contributed by atoms with Crippen LogP contribution in [0.15, 0.2) is 24.4 Å². The molecule has 0 fully saturated rings. The van der Waals surface area contributed by atoms with E-state index in [2.05, 4.69) is 4.98 Å². The quantitative estimate of drug-likeness (QED) is 0.851. The zero-order chi connectivity index (χ0) is 12.4. The smallest absolute Gasteiger partial charge is 0.177 e. The summed E-state index contributed by atoms with van der Waals surface area (Å²) in [5.41, 5.74) is 2.04. The third-order valence-electron chi connectivity index (χ3n) is 2.68. The lowest BCUT2D eigenvalue weighted by Gasteiger charge is -2.09. The van der Waals surface area contributed by atoms with Crippen molar-refractivity contribution in [1.29, 1.82) is 0 Å². The monoisotopic (exact) mass is 250 g/mol. The number of nitrogens with one attached hydrogen (secondary N) is 1. The zero-order valence-electron chi connectivity index (χ0n) is 9.98. The van der Waals surface area contributed by atoms with Crippen LogP contribution in [0.5, 0.6) is 11.5 Å². The minimum atomic E-state index is 0.690. The van der Waals surface area contributed by atoms with E-state index in [1.165, 1.54) is 0 Å². The highest BCUT2D eigenvalue weighted by atomic mass is 32.1. The maximum atomic E-state index is 5.27. The summed E-state index contributed by atoms with van der Waals surface area (Å²) in [6, 6.07) is 5.78. The molecule has 0 atom stereocenters. The Bertz CT molecular complexity index is 586. The maximum absolute atomic E-state index is 5.27. The molecule has 0 spiro atoms. The van der Waals surface area contributed by atoms with Crippen molar-refractivity contribution in [3.05, 3.63) is 29.2 Å². The van der Waals surface area contributed by atoms with Crippen molar-refractivity contribution in [2.75, 3.05) is 14.2 Å². The number of H-pyrrole nitrogens is 1.